The Balaban J connectivity index is 1.87. The Kier molecular flexibility index (Phi) is 6.06. The van der Waals surface area contributed by atoms with Crippen LogP contribution in [0.5, 0.6) is 0 Å². The summed E-state index contributed by atoms with van der Waals surface area (Å²) in [5.41, 5.74) is 0. The van der Waals surface area contributed by atoms with Gasteiger partial charge in [-0.15, -0.1) is 0 Å². The van der Waals surface area contributed by atoms with Crippen LogP contribution in [-0.2, 0) is 4.79 Å². The molecule has 1 aliphatic heterocycles. The standard InChI is InChI=1S/C17H32N2O2/c1-12(2)6-7-18-16-8-14(9-17(20)21)10-19(11-16)13(3)15-4-5-15/h12-16,18H,4-11H2,1-3H3,(H,20,21). The summed E-state index contributed by atoms with van der Waals surface area (Å²) in [6.45, 7) is 9.92. The van der Waals surface area contributed by atoms with Crippen LogP contribution in [0.2, 0.25) is 0 Å². The van der Waals surface area contributed by atoms with Crippen molar-refractivity contribution in [3.63, 3.8) is 0 Å². The first-order valence-corrected chi connectivity index (χ1v) is 8.65. The Morgan fingerprint density at radius 3 is 2.57 bits per heavy atom. The summed E-state index contributed by atoms with van der Waals surface area (Å²) in [5.74, 6) is 1.22. The smallest absolute Gasteiger partial charge is 0.303 e. The lowest BCUT2D eigenvalue weighted by molar-refractivity contribution is -0.138. The second-order valence-electron chi connectivity index (χ2n) is 7.57. The largest absolute Gasteiger partial charge is 0.481 e. The number of likely N-dealkylation sites (tertiary alicyclic amines) is 1. The number of carbonyl (C=O) groups is 1. The molecule has 0 amide bonds. The van der Waals surface area contributed by atoms with Crippen LogP contribution >= 0.6 is 0 Å². The summed E-state index contributed by atoms with van der Waals surface area (Å²) >= 11 is 0. The molecule has 122 valence electrons. The van der Waals surface area contributed by atoms with E-state index in [1.54, 1.807) is 0 Å². The van der Waals surface area contributed by atoms with Crippen LogP contribution in [0, 0.1) is 17.8 Å². The summed E-state index contributed by atoms with van der Waals surface area (Å²) in [4.78, 5) is 13.6. The van der Waals surface area contributed by atoms with Crippen molar-refractivity contribution in [1.82, 2.24) is 10.2 Å². The summed E-state index contributed by atoms with van der Waals surface area (Å²) in [5, 5.41) is 12.8. The number of aliphatic carboxylic acids is 1. The molecule has 1 saturated carbocycles. The van der Waals surface area contributed by atoms with Gasteiger partial charge in [0.15, 0.2) is 0 Å². The van der Waals surface area contributed by atoms with Crippen molar-refractivity contribution in [1.29, 1.82) is 0 Å². The fourth-order valence-corrected chi connectivity index (χ4v) is 3.57. The van der Waals surface area contributed by atoms with Gasteiger partial charge in [0.1, 0.15) is 0 Å². The number of nitrogens with zero attached hydrogens (tertiary/aromatic N) is 1. The molecular weight excluding hydrogens is 264 g/mol. The molecule has 0 aromatic rings. The molecule has 0 radical (unpaired) electrons. The monoisotopic (exact) mass is 296 g/mol. The van der Waals surface area contributed by atoms with Crippen molar-refractivity contribution in [2.24, 2.45) is 17.8 Å². The SMILES string of the molecule is CC(C)CCNC1CC(CC(=O)O)CN(C(C)C2CC2)C1. The number of hydrogen-bond acceptors (Lipinski definition) is 3. The number of rotatable bonds is 8. The molecule has 21 heavy (non-hydrogen) atoms. The predicted octanol–water partition coefficient (Wildman–Crippen LogP) is 2.59. The Hall–Kier alpha value is -0.610. The van der Waals surface area contributed by atoms with E-state index in [0.717, 1.165) is 37.9 Å². The molecule has 4 heteroatoms. The van der Waals surface area contributed by atoms with Crippen LogP contribution in [-0.4, -0.2) is 47.7 Å². The van der Waals surface area contributed by atoms with E-state index in [-0.39, 0.29) is 0 Å². The Labute approximate surface area is 129 Å². The van der Waals surface area contributed by atoms with Gasteiger partial charge in [-0.2, -0.15) is 0 Å². The maximum absolute atomic E-state index is 11.1. The number of carboxylic acid groups (broad SMARTS) is 1. The number of piperidine rings is 1. The normalized spacial score (nSPS) is 28.8. The first-order valence-electron chi connectivity index (χ1n) is 8.65. The lowest BCUT2D eigenvalue weighted by Crippen LogP contribution is -2.53. The van der Waals surface area contributed by atoms with Gasteiger partial charge < -0.3 is 10.4 Å². The molecule has 1 heterocycles. The van der Waals surface area contributed by atoms with E-state index < -0.39 is 5.97 Å². The van der Waals surface area contributed by atoms with E-state index in [9.17, 15) is 4.79 Å². The van der Waals surface area contributed by atoms with Gasteiger partial charge in [0.05, 0.1) is 0 Å². The highest BCUT2D eigenvalue weighted by atomic mass is 16.4. The molecule has 1 saturated heterocycles. The van der Waals surface area contributed by atoms with E-state index in [1.165, 1.54) is 19.3 Å². The lowest BCUT2D eigenvalue weighted by Gasteiger charge is -2.41. The van der Waals surface area contributed by atoms with Crippen LogP contribution in [0.3, 0.4) is 0 Å². The van der Waals surface area contributed by atoms with E-state index >= 15 is 0 Å². The molecule has 3 unspecified atom stereocenters. The molecule has 0 bridgehead atoms. The zero-order valence-electron chi connectivity index (χ0n) is 13.8. The second-order valence-corrected chi connectivity index (χ2v) is 7.57. The molecular formula is C17H32N2O2. The van der Waals surface area contributed by atoms with E-state index in [2.05, 4.69) is 31.0 Å². The zero-order chi connectivity index (χ0) is 15.4. The molecule has 2 fully saturated rings. The molecule has 2 N–H and O–H groups in total. The van der Waals surface area contributed by atoms with Gasteiger partial charge in [-0.1, -0.05) is 13.8 Å². The third-order valence-corrected chi connectivity index (χ3v) is 5.06. The minimum atomic E-state index is -0.651. The van der Waals surface area contributed by atoms with E-state index in [1.807, 2.05) is 0 Å². The number of nitrogens with one attached hydrogen (secondary N) is 1. The summed E-state index contributed by atoms with van der Waals surface area (Å²) in [6, 6.07) is 1.08. The third-order valence-electron chi connectivity index (χ3n) is 5.06. The highest BCUT2D eigenvalue weighted by Gasteiger charge is 2.37. The second kappa shape index (κ2) is 7.59. The Bertz CT molecular complexity index is 342. The average Bonchev–Trinajstić information content (AvgIpc) is 3.20. The first kappa shape index (κ1) is 16.8. The van der Waals surface area contributed by atoms with Crippen molar-refractivity contribution in [2.75, 3.05) is 19.6 Å². The van der Waals surface area contributed by atoms with Crippen molar-refractivity contribution in [2.45, 2.75) is 65.0 Å². The third kappa shape index (κ3) is 5.59. The lowest BCUT2D eigenvalue weighted by atomic mass is 9.90. The first-order chi connectivity index (χ1) is 9.95. The van der Waals surface area contributed by atoms with Gasteiger partial charge in [-0.25, -0.2) is 0 Å². The van der Waals surface area contributed by atoms with Gasteiger partial charge in [0.2, 0.25) is 0 Å². The Morgan fingerprint density at radius 1 is 1.29 bits per heavy atom. The number of carboxylic acids is 1. The van der Waals surface area contributed by atoms with Crippen molar-refractivity contribution in [3.8, 4) is 0 Å². The quantitative estimate of drug-likeness (QED) is 0.723. The molecule has 4 nitrogen and oxygen atoms in total. The van der Waals surface area contributed by atoms with Gasteiger partial charge in [0.25, 0.3) is 0 Å². The predicted molar refractivity (Wildman–Crippen MR) is 85.4 cm³/mol. The zero-order valence-corrected chi connectivity index (χ0v) is 13.8. The summed E-state index contributed by atoms with van der Waals surface area (Å²) in [7, 11) is 0. The molecule has 0 aromatic heterocycles. The highest BCUT2D eigenvalue weighted by Crippen LogP contribution is 2.36. The maximum atomic E-state index is 11.1. The molecule has 3 atom stereocenters. The van der Waals surface area contributed by atoms with Crippen molar-refractivity contribution in [3.05, 3.63) is 0 Å². The number of hydrogen-bond donors (Lipinski definition) is 2. The van der Waals surface area contributed by atoms with Gasteiger partial charge in [0, 0.05) is 31.6 Å². The maximum Gasteiger partial charge on any atom is 0.303 e. The van der Waals surface area contributed by atoms with Crippen LogP contribution in [0.4, 0.5) is 0 Å². The van der Waals surface area contributed by atoms with Crippen LogP contribution in [0.1, 0.15) is 52.9 Å². The fraction of sp³-hybridized carbons (Fsp3) is 0.941. The van der Waals surface area contributed by atoms with Gasteiger partial charge in [-0.3, -0.25) is 9.69 Å². The highest BCUT2D eigenvalue weighted by molar-refractivity contribution is 5.67. The van der Waals surface area contributed by atoms with Crippen LogP contribution < -0.4 is 5.32 Å². The van der Waals surface area contributed by atoms with E-state index in [4.69, 9.17) is 5.11 Å². The fourth-order valence-electron chi connectivity index (χ4n) is 3.57. The van der Waals surface area contributed by atoms with Gasteiger partial charge >= 0.3 is 5.97 Å². The minimum Gasteiger partial charge on any atom is -0.481 e. The van der Waals surface area contributed by atoms with E-state index in [0.29, 0.717) is 24.4 Å². The van der Waals surface area contributed by atoms with Crippen molar-refractivity contribution >= 4 is 5.97 Å². The summed E-state index contributed by atoms with van der Waals surface area (Å²) in [6.07, 6.45) is 5.23. The van der Waals surface area contributed by atoms with Crippen molar-refractivity contribution < 1.29 is 9.90 Å². The minimum absolute atomic E-state index is 0.300. The van der Waals surface area contributed by atoms with Gasteiger partial charge in [-0.05, 0) is 56.9 Å². The van der Waals surface area contributed by atoms with Crippen LogP contribution in [0.25, 0.3) is 0 Å². The Morgan fingerprint density at radius 2 is 2.00 bits per heavy atom. The average molecular weight is 296 g/mol. The molecule has 0 spiro atoms. The topological polar surface area (TPSA) is 52.6 Å². The van der Waals surface area contributed by atoms with Crippen LogP contribution in [0.15, 0.2) is 0 Å². The molecule has 2 aliphatic rings. The summed E-state index contributed by atoms with van der Waals surface area (Å²) < 4.78 is 0. The molecule has 1 aliphatic carbocycles. The molecule has 0 aromatic carbocycles. The molecule has 2 rings (SSSR count).